The van der Waals surface area contributed by atoms with Gasteiger partial charge in [0.25, 0.3) is 11.6 Å². The molecule has 35 heavy (non-hydrogen) atoms. The molecule has 0 radical (unpaired) electrons. The van der Waals surface area contributed by atoms with Crippen molar-refractivity contribution in [1.82, 2.24) is 14.5 Å². The molecule has 1 saturated heterocycles. The number of fused-ring (bicyclic) bond motifs is 1. The summed E-state index contributed by atoms with van der Waals surface area (Å²) in [6, 6.07) is 19.2. The summed E-state index contributed by atoms with van der Waals surface area (Å²) in [7, 11) is 2.00. The van der Waals surface area contributed by atoms with Gasteiger partial charge in [-0.3, -0.25) is 14.9 Å². The standard InChI is InChI=1S/C26H24BrN5O3/c1-29-22-16-19(27)8-10-21(22)24(25(29)18-6-3-2-4-7-18)26(33)31-13-5-12-30(14-15-31)23-11-9-20(17-28-23)32(34)35/h2-4,6-11,16-17H,5,12-15H2,1H3. The molecule has 0 atom stereocenters. The Hall–Kier alpha value is -3.72. The van der Waals surface area contributed by atoms with Crippen LogP contribution in [0.3, 0.4) is 0 Å². The summed E-state index contributed by atoms with van der Waals surface area (Å²) in [6.07, 6.45) is 2.06. The number of anilines is 1. The first-order valence-corrected chi connectivity index (χ1v) is 12.2. The third-order valence-electron chi connectivity index (χ3n) is 6.47. The Labute approximate surface area is 211 Å². The Morgan fingerprint density at radius 2 is 1.83 bits per heavy atom. The molecule has 0 spiro atoms. The summed E-state index contributed by atoms with van der Waals surface area (Å²) in [5.74, 6) is 0.695. The number of pyridine rings is 1. The third kappa shape index (κ3) is 4.39. The maximum absolute atomic E-state index is 14.0. The number of aromatic nitrogens is 2. The van der Waals surface area contributed by atoms with Crippen molar-refractivity contribution in [3.63, 3.8) is 0 Å². The third-order valence-corrected chi connectivity index (χ3v) is 6.97. The number of carbonyl (C=O) groups is 1. The number of aryl methyl sites for hydroxylation is 1. The molecule has 0 bridgehead atoms. The maximum atomic E-state index is 14.0. The van der Waals surface area contributed by atoms with Gasteiger partial charge < -0.3 is 14.4 Å². The van der Waals surface area contributed by atoms with Crippen molar-refractivity contribution >= 4 is 44.2 Å². The molecule has 9 heteroatoms. The van der Waals surface area contributed by atoms with Crippen molar-refractivity contribution in [3.05, 3.63) is 87.0 Å². The summed E-state index contributed by atoms with van der Waals surface area (Å²) in [5, 5.41) is 11.9. The lowest BCUT2D eigenvalue weighted by atomic mass is 10.0. The number of hydrogen-bond acceptors (Lipinski definition) is 5. The second-order valence-electron chi connectivity index (χ2n) is 8.57. The smallest absolute Gasteiger partial charge is 0.287 e. The van der Waals surface area contributed by atoms with Gasteiger partial charge >= 0.3 is 0 Å². The van der Waals surface area contributed by atoms with Gasteiger partial charge in [0.05, 0.1) is 21.7 Å². The molecule has 2 aromatic carbocycles. The van der Waals surface area contributed by atoms with E-state index >= 15 is 0 Å². The van der Waals surface area contributed by atoms with Crippen LogP contribution in [0.15, 0.2) is 71.3 Å². The van der Waals surface area contributed by atoms with Gasteiger partial charge in [-0.2, -0.15) is 0 Å². The Bertz CT molecular complexity index is 1400. The van der Waals surface area contributed by atoms with Gasteiger partial charge in [-0.15, -0.1) is 0 Å². The van der Waals surface area contributed by atoms with E-state index in [1.807, 2.05) is 60.5 Å². The second kappa shape index (κ2) is 9.50. The van der Waals surface area contributed by atoms with Crippen LogP contribution < -0.4 is 4.90 Å². The summed E-state index contributed by atoms with van der Waals surface area (Å²) < 4.78 is 3.05. The molecule has 0 unspecified atom stereocenters. The lowest BCUT2D eigenvalue weighted by Gasteiger charge is -2.23. The minimum absolute atomic E-state index is 0.00952. The number of nitro groups is 1. The Balaban J connectivity index is 1.47. The average molecular weight is 534 g/mol. The van der Waals surface area contributed by atoms with Crippen molar-refractivity contribution in [3.8, 4) is 11.3 Å². The molecule has 0 saturated carbocycles. The van der Waals surface area contributed by atoms with Gasteiger partial charge in [-0.1, -0.05) is 52.3 Å². The lowest BCUT2D eigenvalue weighted by Crippen LogP contribution is -2.35. The molecule has 4 aromatic rings. The van der Waals surface area contributed by atoms with Crippen LogP contribution in [-0.2, 0) is 7.05 Å². The SMILES string of the molecule is Cn1c(-c2ccccc2)c(C(=O)N2CCCN(c3ccc([N+](=O)[O-])cn3)CC2)c2ccc(Br)cc21. The van der Waals surface area contributed by atoms with Crippen LogP contribution in [0.1, 0.15) is 16.8 Å². The van der Waals surface area contributed by atoms with Crippen LogP contribution in [0.5, 0.6) is 0 Å². The molecule has 1 fully saturated rings. The molecular formula is C26H24BrN5O3. The van der Waals surface area contributed by atoms with E-state index in [1.54, 1.807) is 6.07 Å². The van der Waals surface area contributed by atoms with Crippen LogP contribution in [0.25, 0.3) is 22.2 Å². The first-order valence-electron chi connectivity index (χ1n) is 11.4. The molecular weight excluding hydrogens is 510 g/mol. The first-order chi connectivity index (χ1) is 16.9. The second-order valence-corrected chi connectivity index (χ2v) is 9.49. The summed E-state index contributed by atoms with van der Waals surface area (Å²) >= 11 is 3.56. The number of benzene rings is 2. The fourth-order valence-electron chi connectivity index (χ4n) is 4.74. The van der Waals surface area contributed by atoms with E-state index in [0.717, 1.165) is 39.6 Å². The quantitative estimate of drug-likeness (QED) is 0.263. The molecule has 8 nitrogen and oxygen atoms in total. The van der Waals surface area contributed by atoms with Crippen LogP contribution in [0.2, 0.25) is 0 Å². The number of rotatable bonds is 4. The monoisotopic (exact) mass is 533 g/mol. The largest absolute Gasteiger partial charge is 0.355 e. The molecule has 0 N–H and O–H groups in total. The molecule has 1 aliphatic heterocycles. The average Bonchev–Trinajstić information content (AvgIpc) is 3.01. The highest BCUT2D eigenvalue weighted by molar-refractivity contribution is 9.10. The number of halogens is 1. The molecule has 2 aromatic heterocycles. The van der Waals surface area contributed by atoms with Crippen molar-refractivity contribution in [2.75, 3.05) is 31.1 Å². The predicted molar refractivity (Wildman–Crippen MR) is 140 cm³/mol. The fourth-order valence-corrected chi connectivity index (χ4v) is 5.09. The van der Waals surface area contributed by atoms with E-state index in [9.17, 15) is 14.9 Å². The van der Waals surface area contributed by atoms with E-state index in [4.69, 9.17) is 0 Å². The summed E-state index contributed by atoms with van der Waals surface area (Å²) in [6.45, 7) is 2.50. The molecule has 3 heterocycles. The Morgan fingerprint density at radius 3 is 2.54 bits per heavy atom. The highest BCUT2D eigenvalue weighted by Gasteiger charge is 2.28. The zero-order valence-electron chi connectivity index (χ0n) is 19.2. The van der Waals surface area contributed by atoms with Gasteiger partial charge in [0.1, 0.15) is 12.0 Å². The summed E-state index contributed by atoms with van der Waals surface area (Å²) in [5.41, 5.74) is 3.58. The molecule has 178 valence electrons. The summed E-state index contributed by atoms with van der Waals surface area (Å²) in [4.78, 5) is 32.8. The van der Waals surface area contributed by atoms with Gasteiger partial charge in [-0.05, 0) is 30.2 Å². The van der Waals surface area contributed by atoms with Gasteiger partial charge in [0.15, 0.2) is 0 Å². The molecule has 1 amide bonds. The van der Waals surface area contributed by atoms with Crippen molar-refractivity contribution in [2.24, 2.45) is 7.05 Å². The Morgan fingerprint density at radius 1 is 1.03 bits per heavy atom. The number of hydrogen-bond donors (Lipinski definition) is 0. The number of carbonyl (C=O) groups excluding carboxylic acids is 1. The van der Waals surface area contributed by atoms with Gasteiger partial charge in [0, 0.05) is 49.2 Å². The number of nitrogens with zero attached hydrogens (tertiary/aromatic N) is 5. The Kier molecular flexibility index (Phi) is 6.25. The van der Waals surface area contributed by atoms with E-state index in [1.165, 1.54) is 12.3 Å². The minimum Gasteiger partial charge on any atom is -0.355 e. The molecule has 0 aliphatic carbocycles. The van der Waals surface area contributed by atoms with Crippen LogP contribution in [0, 0.1) is 10.1 Å². The fraction of sp³-hybridized carbons (Fsp3) is 0.231. The van der Waals surface area contributed by atoms with Gasteiger partial charge in [-0.25, -0.2) is 4.98 Å². The van der Waals surface area contributed by atoms with Crippen molar-refractivity contribution < 1.29 is 9.72 Å². The van der Waals surface area contributed by atoms with E-state index < -0.39 is 4.92 Å². The normalized spacial score (nSPS) is 14.2. The number of amides is 1. The van der Waals surface area contributed by atoms with E-state index in [0.29, 0.717) is 31.0 Å². The first kappa shape index (κ1) is 23.0. The molecule has 1 aliphatic rings. The highest BCUT2D eigenvalue weighted by atomic mass is 79.9. The molecule has 5 rings (SSSR count). The van der Waals surface area contributed by atoms with Crippen molar-refractivity contribution in [1.29, 1.82) is 0 Å². The van der Waals surface area contributed by atoms with Crippen LogP contribution in [0.4, 0.5) is 11.5 Å². The zero-order valence-corrected chi connectivity index (χ0v) is 20.8. The maximum Gasteiger partial charge on any atom is 0.287 e. The zero-order chi connectivity index (χ0) is 24.5. The van der Waals surface area contributed by atoms with Crippen LogP contribution >= 0.6 is 15.9 Å². The highest BCUT2D eigenvalue weighted by Crippen LogP contribution is 2.35. The predicted octanol–water partition coefficient (Wildman–Crippen LogP) is 5.26. The van der Waals surface area contributed by atoms with E-state index in [2.05, 4.69) is 30.4 Å². The minimum atomic E-state index is -0.452. The topological polar surface area (TPSA) is 84.5 Å². The van der Waals surface area contributed by atoms with Gasteiger partial charge in [0.2, 0.25) is 0 Å². The van der Waals surface area contributed by atoms with E-state index in [-0.39, 0.29) is 11.6 Å². The van der Waals surface area contributed by atoms with Crippen LogP contribution in [-0.4, -0.2) is 51.5 Å². The lowest BCUT2D eigenvalue weighted by molar-refractivity contribution is -0.385. The van der Waals surface area contributed by atoms with Crippen molar-refractivity contribution in [2.45, 2.75) is 6.42 Å².